The molecule has 2 heterocycles. The van der Waals surface area contributed by atoms with Gasteiger partial charge in [0.05, 0.1) is 5.02 Å². The van der Waals surface area contributed by atoms with Crippen LogP contribution in [0.5, 0.6) is 0 Å². The SMILES string of the molecule is NC1=N[C@](CF)(c2cc(CC(=O)c3ccc(Cl)cn3)cc(F)c2F)C[C@@H](C(F)(F)F)O1. The van der Waals surface area contributed by atoms with Crippen molar-refractivity contribution < 1.29 is 35.9 Å². The summed E-state index contributed by atoms with van der Waals surface area (Å²) in [5, 5.41) is 0.269. The molecule has 2 atom stereocenters. The van der Waals surface area contributed by atoms with Crippen LogP contribution in [0.3, 0.4) is 0 Å². The van der Waals surface area contributed by atoms with Crippen LogP contribution in [-0.4, -0.2) is 35.7 Å². The zero-order valence-corrected chi connectivity index (χ0v) is 16.3. The highest BCUT2D eigenvalue weighted by atomic mass is 35.5. The molecule has 31 heavy (non-hydrogen) atoms. The maximum absolute atomic E-state index is 14.6. The topological polar surface area (TPSA) is 77.6 Å². The maximum Gasteiger partial charge on any atom is 0.425 e. The Morgan fingerprint density at radius 2 is 2.00 bits per heavy atom. The molecule has 0 spiro atoms. The molecule has 1 aliphatic rings. The van der Waals surface area contributed by atoms with Gasteiger partial charge in [0.25, 0.3) is 6.02 Å². The van der Waals surface area contributed by atoms with Crippen molar-refractivity contribution in [3.8, 4) is 0 Å². The number of carbonyl (C=O) groups excluding carboxylic acids is 1. The normalized spacial score (nSPS) is 21.4. The van der Waals surface area contributed by atoms with Gasteiger partial charge in [-0.2, -0.15) is 13.2 Å². The number of pyridine rings is 1. The van der Waals surface area contributed by atoms with Crippen LogP contribution in [0.2, 0.25) is 5.02 Å². The molecule has 0 bridgehead atoms. The number of hydrogen-bond acceptors (Lipinski definition) is 5. The second kappa shape index (κ2) is 8.37. The molecule has 1 aromatic heterocycles. The van der Waals surface area contributed by atoms with Gasteiger partial charge in [0.2, 0.25) is 0 Å². The van der Waals surface area contributed by atoms with Crippen molar-refractivity contribution in [2.45, 2.75) is 30.7 Å². The third kappa shape index (κ3) is 4.76. The van der Waals surface area contributed by atoms with Crippen LogP contribution in [0.1, 0.15) is 28.0 Å². The van der Waals surface area contributed by atoms with Crippen LogP contribution in [0.4, 0.5) is 26.3 Å². The fraction of sp³-hybridized carbons (Fsp3) is 0.316. The van der Waals surface area contributed by atoms with E-state index in [1.807, 2.05) is 0 Å². The average molecular weight is 466 g/mol. The van der Waals surface area contributed by atoms with E-state index in [0.29, 0.717) is 6.07 Å². The number of hydrogen-bond donors (Lipinski definition) is 1. The summed E-state index contributed by atoms with van der Waals surface area (Å²) in [6.07, 6.45) is -7.98. The number of aromatic nitrogens is 1. The van der Waals surface area contributed by atoms with Crippen molar-refractivity contribution in [1.82, 2.24) is 4.98 Å². The van der Waals surface area contributed by atoms with Crippen LogP contribution in [0.25, 0.3) is 0 Å². The molecule has 1 aliphatic heterocycles. The number of Topliss-reactive ketones (excluding diaryl/α,β-unsaturated/α-hetero) is 1. The molecule has 0 aliphatic carbocycles. The van der Waals surface area contributed by atoms with Crippen LogP contribution < -0.4 is 5.73 Å². The Morgan fingerprint density at radius 3 is 2.58 bits per heavy atom. The average Bonchev–Trinajstić information content (AvgIpc) is 2.69. The van der Waals surface area contributed by atoms with Crippen molar-refractivity contribution in [3.63, 3.8) is 0 Å². The Hall–Kier alpha value is -2.82. The number of nitrogens with zero attached hydrogens (tertiary/aromatic N) is 2. The summed E-state index contributed by atoms with van der Waals surface area (Å²) in [6.45, 7) is -1.61. The molecule has 0 unspecified atom stereocenters. The molecule has 0 saturated heterocycles. The van der Waals surface area contributed by atoms with E-state index >= 15 is 0 Å². The van der Waals surface area contributed by atoms with Gasteiger partial charge in [-0.15, -0.1) is 0 Å². The van der Waals surface area contributed by atoms with E-state index in [1.54, 1.807) is 0 Å². The Balaban J connectivity index is 2.02. The van der Waals surface area contributed by atoms with Crippen molar-refractivity contribution in [2.24, 2.45) is 10.7 Å². The van der Waals surface area contributed by atoms with E-state index in [9.17, 15) is 31.1 Å². The van der Waals surface area contributed by atoms with Gasteiger partial charge in [0.15, 0.2) is 23.5 Å². The number of rotatable bonds is 5. The molecule has 12 heteroatoms. The number of nitrogens with two attached hydrogens (primary N) is 1. The van der Waals surface area contributed by atoms with Crippen molar-refractivity contribution in [1.29, 1.82) is 0 Å². The van der Waals surface area contributed by atoms with Gasteiger partial charge in [0.1, 0.15) is 17.9 Å². The Morgan fingerprint density at radius 1 is 1.29 bits per heavy atom. The summed E-state index contributed by atoms with van der Waals surface area (Å²) >= 11 is 5.69. The number of ketones is 1. The van der Waals surface area contributed by atoms with Crippen LogP contribution in [0, 0.1) is 11.6 Å². The molecule has 0 radical (unpaired) electrons. The number of benzene rings is 1. The first-order chi connectivity index (χ1) is 14.4. The van der Waals surface area contributed by atoms with E-state index in [4.69, 9.17) is 17.3 Å². The third-order valence-electron chi connectivity index (χ3n) is 4.66. The molecule has 0 saturated carbocycles. The fourth-order valence-corrected chi connectivity index (χ4v) is 3.30. The lowest BCUT2D eigenvalue weighted by Crippen LogP contribution is -2.48. The number of alkyl halides is 4. The Bertz CT molecular complexity index is 1030. The highest BCUT2D eigenvalue weighted by Gasteiger charge is 2.52. The molecule has 2 N–H and O–H groups in total. The molecule has 0 fully saturated rings. The number of halogens is 7. The lowest BCUT2D eigenvalue weighted by molar-refractivity contribution is -0.209. The van der Waals surface area contributed by atoms with E-state index in [2.05, 4.69) is 14.7 Å². The number of ether oxygens (including phenoxy) is 1. The fourth-order valence-electron chi connectivity index (χ4n) is 3.19. The second-order valence-corrected chi connectivity index (χ2v) is 7.30. The maximum atomic E-state index is 14.6. The van der Waals surface area contributed by atoms with Gasteiger partial charge < -0.3 is 10.5 Å². The van der Waals surface area contributed by atoms with Crippen LogP contribution in [-0.2, 0) is 16.7 Å². The minimum atomic E-state index is -4.95. The summed E-state index contributed by atoms with van der Waals surface area (Å²) in [5.74, 6) is -3.69. The molecule has 3 rings (SSSR count). The smallest absolute Gasteiger partial charge is 0.425 e. The molecule has 5 nitrogen and oxygen atoms in total. The van der Waals surface area contributed by atoms with Crippen molar-refractivity contribution >= 4 is 23.4 Å². The second-order valence-electron chi connectivity index (χ2n) is 6.87. The largest absolute Gasteiger partial charge is 0.452 e. The Labute approximate surface area is 176 Å². The van der Waals surface area contributed by atoms with Gasteiger partial charge in [0, 0.05) is 24.6 Å². The molecular formula is C19H14ClF6N3O2. The number of carbonyl (C=O) groups is 1. The van der Waals surface area contributed by atoms with Gasteiger partial charge in [-0.3, -0.25) is 9.78 Å². The Kier molecular flexibility index (Phi) is 6.17. The van der Waals surface area contributed by atoms with Gasteiger partial charge in [-0.1, -0.05) is 11.6 Å². The summed E-state index contributed by atoms with van der Waals surface area (Å²) in [6, 6.07) is 3.27. The quantitative estimate of drug-likeness (QED) is 0.528. The molecule has 0 amide bonds. The van der Waals surface area contributed by atoms with E-state index in [1.165, 1.54) is 18.3 Å². The predicted molar refractivity (Wildman–Crippen MR) is 98.5 cm³/mol. The first kappa shape index (κ1) is 22.9. The zero-order chi connectivity index (χ0) is 23.0. The van der Waals surface area contributed by atoms with Crippen molar-refractivity contribution in [3.05, 3.63) is 63.9 Å². The van der Waals surface area contributed by atoms with E-state index in [-0.39, 0.29) is 16.3 Å². The number of amidine groups is 1. The molecule has 1 aromatic carbocycles. The summed E-state index contributed by atoms with van der Waals surface area (Å²) in [5.41, 5.74) is 1.85. The van der Waals surface area contributed by atoms with Crippen molar-refractivity contribution in [2.75, 3.05) is 6.67 Å². The van der Waals surface area contributed by atoms with Gasteiger partial charge in [-0.25, -0.2) is 18.2 Å². The summed E-state index contributed by atoms with van der Waals surface area (Å²) < 4.78 is 86.7. The van der Waals surface area contributed by atoms with Crippen LogP contribution >= 0.6 is 11.6 Å². The van der Waals surface area contributed by atoms with E-state index in [0.717, 1.165) is 6.07 Å². The predicted octanol–water partition coefficient (Wildman–Crippen LogP) is 4.27. The summed E-state index contributed by atoms with van der Waals surface area (Å²) in [7, 11) is 0. The van der Waals surface area contributed by atoms with Crippen LogP contribution in [0.15, 0.2) is 35.5 Å². The minimum absolute atomic E-state index is 0.0265. The molecule has 2 aromatic rings. The lowest BCUT2D eigenvalue weighted by Gasteiger charge is -2.36. The standard InChI is InChI=1S/C19H14ClF6N3O2/c20-10-1-2-13(28-7-10)14(30)5-9-3-11(16(23)12(22)4-9)18(8-21)6-15(19(24,25)26)31-17(27)29-18/h1-4,7,15H,5-6,8H2,(H2,27,29)/t15-,18+/m0/s1. The van der Waals surface area contributed by atoms with E-state index < -0.39 is 66.3 Å². The first-order valence-electron chi connectivity index (χ1n) is 8.73. The minimum Gasteiger partial charge on any atom is -0.452 e. The monoisotopic (exact) mass is 465 g/mol. The molecule has 166 valence electrons. The van der Waals surface area contributed by atoms with Gasteiger partial charge in [-0.05, 0) is 29.8 Å². The zero-order valence-electron chi connectivity index (χ0n) is 15.5. The molecular weight excluding hydrogens is 452 g/mol. The first-order valence-corrected chi connectivity index (χ1v) is 9.11. The highest BCUT2D eigenvalue weighted by Crippen LogP contribution is 2.42. The highest BCUT2D eigenvalue weighted by molar-refractivity contribution is 6.30. The lowest BCUT2D eigenvalue weighted by atomic mass is 9.83. The number of aliphatic imine (C=N–C) groups is 1. The van der Waals surface area contributed by atoms with Gasteiger partial charge >= 0.3 is 6.18 Å². The third-order valence-corrected chi connectivity index (χ3v) is 4.89. The summed E-state index contributed by atoms with van der Waals surface area (Å²) in [4.78, 5) is 19.7.